The third-order valence-electron chi connectivity index (χ3n) is 3.43. The highest BCUT2D eigenvalue weighted by molar-refractivity contribution is 5.68. The van der Waals surface area contributed by atoms with Gasteiger partial charge < -0.3 is 16.6 Å². The highest BCUT2D eigenvalue weighted by Crippen LogP contribution is 2.37. The van der Waals surface area contributed by atoms with Crippen molar-refractivity contribution in [2.75, 3.05) is 11.5 Å². The van der Waals surface area contributed by atoms with E-state index in [2.05, 4.69) is 20.8 Å². The van der Waals surface area contributed by atoms with E-state index in [9.17, 15) is 5.11 Å². The van der Waals surface area contributed by atoms with Crippen LogP contribution in [0.5, 0.6) is 5.75 Å². The van der Waals surface area contributed by atoms with E-state index in [1.54, 1.807) is 0 Å². The smallest absolute Gasteiger partial charge is 0.161 e. The summed E-state index contributed by atoms with van der Waals surface area (Å²) in [7, 11) is 0. The van der Waals surface area contributed by atoms with E-state index in [4.69, 9.17) is 11.5 Å². The van der Waals surface area contributed by atoms with Gasteiger partial charge in [0.15, 0.2) is 5.75 Å². The Balaban J connectivity index is 3.27. The lowest BCUT2D eigenvalue weighted by Crippen LogP contribution is -2.20. The second-order valence-electron chi connectivity index (χ2n) is 4.27. The van der Waals surface area contributed by atoms with Crippen molar-refractivity contribution in [2.24, 2.45) is 0 Å². The van der Waals surface area contributed by atoms with Crippen LogP contribution in [0.1, 0.15) is 39.2 Å². The van der Waals surface area contributed by atoms with Crippen LogP contribution in [0, 0.1) is 0 Å². The molecule has 5 N–H and O–H groups in total. The first-order valence-corrected chi connectivity index (χ1v) is 5.33. The number of benzene rings is 1. The molecule has 1 rings (SSSR count). The highest BCUT2D eigenvalue weighted by Gasteiger charge is 2.23. The summed E-state index contributed by atoms with van der Waals surface area (Å²) in [6, 6.07) is 3.64. The molecule has 1 aromatic carbocycles. The van der Waals surface area contributed by atoms with Crippen molar-refractivity contribution >= 4 is 11.4 Å². The SMILES string of the molecule is CCC(C)(CC)c1cc(N)c(O)c(N)c1. The Kier molecular flexibility index (Phi) is 3.12. The summed E-state index contributed by atoms with van der Waals surface area (Å²) in [4.78, 5) is 0. The van der Waals surface area contributed by atoms with Crippen LogP contribution in [0.15, 0.2) is 12.1 Å². The van der Waals surface area contributed by atoms with Gasteiger partial charge in [0.05, 0.1) is 11.4 Å². The minimum Gasteiger partial charge on any atom is -0.504 e. The van der Waals surface area contributed by atoms with Crippen molar-refractivity contribution in [3.8, 4) is 5.75 Å². The maximum absolute atomic E-state index is 9.49. The molecular weight excluding hydrogens is 188 g/mol. The molecule has 0 heterocycles. The number of anilines is 2. The van der Waals surface area contributed by atoms with Gasteiger partial charge in [0.2, 0.25) is 0 Å². The molecule has 0 aromatic heterocycles. The van der Waals surface area contributed by atoms with E-state index in [-0.39, 0.29) is 11.2 Å². The lowest BCUT2D eigenvalue weighted by atomic mass is 9.77. The normalized spacial score (nSPS) is 11.7. The van der Waals surface area contributed by atoms with Crippen molar-refractivity contribution < 1.29 is 5.11 Å². The Morgan fingerprint density at radius 3 is 1.87 bits per heavy atom. The number of phenolic OH excluding ortho intramolecular Hbond substituents is 1. The van der Waals surface area contributed by atoms with Crippen molar-refractivity contribution in [3.63, 3.8) is 0 Å². The van der Waals surface area contributed by atoms with Crippen LogP contribution in [-0.2, 0) is 5.41 Å². The van der Waals surface area contributed by atoms with E-state index < -0.39 is 0 Å². The Hall–Kier alpha value is -1.38. The largest absolute Gasteiger partial charge is 0.504 e. The van der Waals surface area contributed by atoms with Gasteiger partial charge in [-0.25, -0.2) is 0 Å². The Bertz CT molecular complexity index is 334. The lowest BCUT2D eigenvalue weighted by Gasteiger charge is -2.28. The van der Waals surface area contributed by atoms with Gasteiger partial charge in [0.1, 0.15) is 0 Å². The summed E-state index contributed by atoms with van der Waals surface area (Å²) in [5.74, 6) is -0.00620. The summed E-state index contributed by atoms with van der Waals surface area (Å²) >= 11 is 0. The van der Waals surface area contributed by atoms with Crippen molar-refractivity contribution in [1.82, 2.24) is 0 Å². The van der Waals surface area contributed by atoms with Gasteiger partial charge in [-0.1, -0.05) is 20.8 Å². The third-order valence-corrected chi connectivity index (χ3v) is 3.43. The summed E-state index contributed by atoms with van der Waals surface area (Å²) < 4.78 is 0. The molecule has 0 radical (unpaired) electrons. The van der Waals surface area contributed by atoms with Crippen LogP contribution in [-0.4, -0.2) is 5.11 Å². The van der Waals surface area contributed by atoms with Gasteiger partial charge in [-0.3, -0.25) is 0 Å². The molecule has 3 heteroatoms. The standard InChI is InChI=1S/C12H20N2O/c1-4-12(3,5-2)8-6-9(13)11(15)10(14)7-8/h6-7,15H,4-5,13-14H2,1-3H3. The quantitative estimate of drug-likeness (QED) is 0.528. The molecule has 0 unspecified atom stereocenters. The summed E-state index contributed by atoms with van der Waals surface area (Å²) in [5.41, 5.74) is 13.3. The monoisotopic (exact) mass is 208 g/mol. The number of nitrogen functional groups attached to an aromatic ring is 2. The van der Waals surface area contributed by atoms with Crippen LogP contribution < -0.4 is 11.5 Å². The van der Waals surface area contributed by atoms with Crippen molar-refractivity contribution in [3.05, 3.63) is 17.7 Å². The van der Waals surface area contributed by atoms with E-state index in [0.29, 0.717) is 11.4 Å². The molecule has 0 saturated carbocycles. The number of hydrogen-bond acceptors (Lipinski definition) is 3. The average Bonchev–Trinajstić information content (AvgIpc) is 2.24. The average molecular weight is 208 g/mol. The maximum Gasteiger partial charge on any atom is 0.161 e. The van der Waals surface area contributed by atoms with Gasteiger partial charge in [-0.05, 0) is 36.0 Å². The lowest BCUT2D eigenvalue weighted by molar-refractivity contribution is 0.437. The first-order chi connectivity index (χ1) is 6.94. The van der Waals surface area contributed by atoms with E-state index >= 15 is 0 Å². The van der Waals surface area contributed by atoms with Gasteiger partial charge in [0.25, 0.3) is 0 Å². The predicted molar refractivity (Wildman–Crippen MR) is 64.9 cm³/mol. The minimum atomic E-state index is -0.00620. The first kappa shape index (κ1) is 11.7. The predicted octanol–water partition coefficient (Wildman–Crippen LogP) is 2.63. The summed E-state index contributed by atoms with van der Waals surface area (Å²) in [6.07, 6.45) is 2.04. The van der Waals surface area contributed by atoms with E-state index in [1.165, 1.54) is 0 Å². The Morgan fingerprint density at radius 1 is 1.13 bits per heavy atom. The summed E-state index contributed by atoms with van der Waals surface area (Å²) in [6.45, 7) is 6.46. The zero-order valence-electron chi connectivity index (χ0n) is 9.67. The zero-order valence-corrected chi connectivity index (χ0v) is 9.67. The molecule has 0 fully saturated rings. The third kappa shape index (κ3) is 2.01. The molecule has 0 aliphatic carbocycles. The van der Waals surface area contributed by atoms with Crippen molar-refractivity contribution in [1.29, 1.82) is 0 Å². The second-order valence-corrected chi connectivity index (χ2v) is 4.27. The Morgan fingerprint density at radius 2 is 1.53 bits per heavy atom. The molecule has 1 aromatic rings. The number of hydrogen-bond donors (Lipinski definition) is 3. The molecule has 0 aliphatic rings. The van der Waals surface area contributed by atoms with Gasteiger partial charge in [-0.2, -0.15) is 0 Å². The van der Waals surface area contributed by atoms with Gasteiger partial charge in [0, 0.05) is 0 Å². The molecular formula is C12H20N2O. The second kappa shape index (κ2) is 4.01. The number of nitrogens with two attached hydrogens (primary N) is 2. The zero-order chi connectivity index (χ0) is 11.6. The van der Waals surface area contributed by atoms with Crippen LogP contribution >= 0.6 is 0 Å². The number of phenols is 1. The molecule has 0 spiro atoms. The maximum atomic E-state index is 9.49. The van der Waals surface area contributed by atoms with Crippen LogP contribution in [0.25, 0.3) is 0 Å². The number of aromatic hydroxyl groups is 1. The fourth-order valence-electron chi connectivity index (χ4n) is 1.69. The topological polar surface area (TPSA) is 72.3 Å². The van der Waals surface area contributed by atoms with E-state index in [1.807, 2.05) is 12.1 Å². The van der Waals surface area contributed by atoms with Gasteiger partial charge >= 0.3 is 0 Å². The van der Waals surface area contributed by atoms with Crippen LogP contribution in [0.2, 0.25) is 0 Å². The number of rotatable bonds is 3. The fourth-order valence-corrected chi connectivity index (χ4v) is 1.69. The first-order valence-electron chi connectivity index (χ1n) is 5.33. The van der Waals surface area contributed by atoms with Crippen LogP contribution in [0.3, 0.4) is 0 Å². The van der Waals surface area contributed by atoms with Gasteiger partial charge in [-0.15, -0.1) is 0 Å². The molecule has 0 saturated heterocycles. The Labute approximate surface area is 91.1 Å². The molecule has 84 valence electrons. The summed E-state index contributed by atoms with van der Waals surface area (Å²) in [5, 5.41) is 9.49. The molecule has 3 nitrogen and oxygen atoms in total. The van der Waals surface area contributed by atoms with Crippen LogP contribution in [0.4, 0.5) is 11.4 Å². The van der Waals surface area contributed by atoms with E-state index in [0.717, 1.165) is 18.4 Å². The molecule has 0 amide bonds. The fraction of sp³-hybridized carbons (Fsp3) is 0.500. The minimum absolute atomic E-state index is 0.00620. The highest BCUT2D eigenvalue weighted by atomic mass is 16.3. The van der Waals surface area contributed by atoms with Crippen molar-refractivity contribution in [2.45, 2.75) is 39.0 Å². The molecule has 0 atom stereocenters. The molecule has 0 bridgehead atoms. The molecule has 15 heavy (non-hydrogen) atoms. The molecule has 0 aliphatic heterocycles.